The lowest BCUT2D eigenvalue weighted by molar-refractivity contribution is -0.141. The summed E-state index contributed by atoms with van der Waals surface area (Å²) in [5, 5.41) is 8.72. The number of alkyl halides is 3. The summed E-state index contributed by atoms with van der Waals surface area (Å²) in [5.74, 6) is -1.20. The third-order valence-corrected chi connectivity index (χ3v) is 9.13. The molecule has 5 rings (SSSR count). The number of hydrogen-bond acceptors (Lipinski definition) is 7. The minimum absolute atomic E-state index is 0.00435. The van der Waals surface area contributed by atoms with Crippen molar-refractivity contribution in [3.05, 3.63) is 63.2 Å². The molecule has 1 fully saturated rings. The summed E-state index contributed by atoms with van der Waals surface area (Å²) >= 11 is 15.7. The quantitative estimate of drug-likeness (QED) is 0.493. The number of amides is 2. The molecule has 2 aromatic heterocycles. The Bertz CT molecular complexity index is 1400. The van der Waals surface area contributed by atoms with E-state index in [9.17, 15) is 22.8 Å². The van der Waals surface area contributed by atoms with E-state index >= 15 is 0 Å². The van der Waals surface area contributed by atoms with Gasteiger partial charge in [0.1, 0.15) is 10.1 Å². The van der Waals surface area contributed by atoms with Gasteiger partial charge in [0, 0.05) is 18.8 Å². The highest BCUT2D eigenvalue weighted by Gasteiger charge is 2.41. The molecular formula is C23H19Cl2F3N6O2S2. The Morgan fingerprint density at radius 2 is 2.03 bits per heavy atom. The molecule has 38 heavy (non-hydrogen) atoms. The predicted octanol–water partition coefficient (Wildman–Crippen LogP) is 4.79. The molecule has 2 amide bonds. The third-order valence-electron chi connectivity index (χ3n) is 5.97. The van der Waals surface area contributed by atoms with Crippen LogP contribution in [0, 0.1) is 5.92 Å². The van der Waals surface area contributed by atoms with E-state index in [0.29, 0.717) is 18.5 Å². The predicted molar refractivity (Wildman–Crippen MR) is 142 cm³/mol. The van der Waals surface area contributed by atoms with Crippen LogP contribution in [-0.4, -0.2) is 55.0 Å². The molecule has 0 bridgehead atoms. The standard InChI is InChI=1S/C23H19Cl2F3N6O2S2/c1-37-22-31-13-7-11(20(35)30-9-10-4-5-10)17(16(25)18(13)38-22)32-21(36)14-8-15(23(26,27)28)33-34(14)19-12(24)3-2-6-29-19/h2-3,6-8,10,13,18H,4-5,9H2,1H3,(H,30,35)(H,32,36)/t13-,18?/m1/s1. The van der Waals surface area contributed by atoms with Crippen molar-refractivity contribution in [2.75, 3.05) is 12.8 Å². The lowest BCUT2D eigenvalue weighted by Crippen LogP contribution is -2.38. The van der Waals surface area contributed by atoms with Crippen molar-refractivity contribution in [1.29, 1.82) is 0 Å². The average molecular weight is 603 g/mol. The molecule has 1 unspecified atom stereocenters. The summed E-state index contributed by atoms with van der Waals surface area (Å²) < 4.78 is 42.1. The van der Waals surface area contributed by atoms with Gasteiger partial charge in [-0.05, 0) is 43.2 Å². The topological polar surface area (TPSA) is 101 Å². The first kappa shape index (κ1) is 27.1. The van der Waals surface area contributed by atoms with Crippen LogP contribution in [0.3, 0.4) is 0 Å². The molecule has 0 spiro atoms. The molecule has 200 valence electrons. The fourth-order valence-corrected chi connectivity index (χ4v) is 6.31. The van der Waals surface area contributed by atoms with E-state index in [1.807, 2.05) is 6.26 Å². The van der Waals surface area contributed by atoms with Gasteiger partial charge in [-0.25, -0.2) is 9.67 Å². The molecule has 2 aromatic rings. The summed E-state index contributed by atoms with van der Waals surface area (Å²) in [6.45, 7) is 0.469. The molecule has 2 aliphatic carbocycles. The Morgan fingerprint density at radius 3 is 2.68 bits per heavy atom. The molecule has 0 aromatic carbocycles. The highest BCUT2D eigenvalue weighted by molar-refractivity contribution is 8.39. The molecule has 8 nitrogen and oxygen atoms in total. The van der Waals surface area contributed by atoms with Crippen LogP contribution in [0.25, 0.3) is 5.82 Å². The van der Waals surface area contributed by atoms with Gasteiger partial charge in [-0.2, -0.15) is 18.3 Å². The minimum atomic E-state index is -4.84. The molecule has 0 saturated heterocycles. The second-order valence-electron chi connectivity index (χ2n) is 8.67. The smallest absolute Gasteiger partial charge is 0.352 e. The maximum atomic E-state index is 13.6. The van der Waals surface area contributed by atoms with E-state index in [1.165, 1.54) is 41.9 Å². The fourth-order valence-electron chi connectivity index (χ4n) is 3.87. The molecular weight excluding hydrogens is 584 g/mol. The second-order valence-corrected chi connectivity index (χ2v) is 11.7. The first-order valence-corrected chi connectivity index (χ1v) is 14.2. The molecule has 15 heteroatoms. The number of rotatable bonds is 6. The lowest BCUT2D eigenvalue weighted by atomic mass is 9.98. The van der Waals surface area contributed by atoms with Crippen molar-refractivity contribution >= 4 is 62.9 Å². The van der Waals surface area contributed by atoms with Crippen LogP contribution in [-0.2, 0) is 11.0 Å². The van der Waals surface area contributed by atoms with Crippen LogP contribution in [0.15, 0.2) is 51.8 Å². The zero-order chi connectivity index (χ0) is 27.2. The molecule has 0 radical (unpaired) electrons. The van der Waals surface area contributed by atoms with Crippen molar-refractivity contribution in [2.24, 2.45) is 10.9 Å². The fraction of sp³-hybridized carbons (Fsp3) is 0.348. The number of thioether (sulfide) groups is 2. The van der Waals surface area contributed by atoms with Crippen LogP contribution in [0.5, 0.6) is 0 Å². The number of nitrogens with zero attached hydrogens (tertiary/aromatic N) is 4. The molecule has 2 atom stereocenters. The summed E-state index contributed by atoms with van der Waals surface area (Å²) in [5.41, 5.74) is -1.70. The first-order valence-electron chi connectivity index (χ1n) is 11.3. The second kappa shape index (κ2) is 10.6. The number of carbonyl (C=O) groups is 2. The number of halogens is 5. The molecule has 1 saturated carbocycles. The Labute approximate surface area is 233 Å². The molecule has 2 N–H and O–H groups in total. The van der Waals surface area contributed by atoms with Gasteiger partial charge in [0.2, 0.25) is 0 Å². The first-order chi connectivity index (χ1) is 18.1. The van der Waals surface area contributed by atoms with Crippen molar-refractivity contribution in [1.82, 2.24) is 25.4 Å². The van der Waals surface area contributed by atoms with Gasteiger partial charge in [-0.1, -0.05) is 35.0 Å². The van der Waals surface area contributed by atoms with Gasteiger partial charge in [0.05, 0.1) is 32.6 Å². The Balaban J connectivity index is 1.51. The number of fused-ring (bicyclic) bond motifs is 1. The Hall–Kier alpha value is -2.48. The SMILES string of the molecule is CSC1=N[C@@H]2C=C(C(=O)NCC3CC3)C(NC(=O)c3cc(C(F)(F)F)nn3-c3ncccc3Cl)=C(Cl)C2S1. The third kappa shape index (κ3) is 5.47. The molecule has 3 heterocycles. The van der Waals surface area contributed by atoms with Crippen LogP contribution in [0.2, 0.25) is 5.02 Å². The van der Waals surface area contributed by atoms with E-state index < -0.39 is 40.7 Å². The highest BCUT2D eigenvalue weighted by atomic mass is 35.5. The van der Waals surface area contributed by atoms with E-state index in [4.69, 9.17) is 23.2 Å². The Kier molecular flexibility index (Phi) is 7.55. The highest BCUT2D eigenvalue weighted by Crippen LogP contribution is 2.43. The normalized spacial score (nSPS) is 21.1. The van der Waals surface area contributed by atoms with Gasteiger partial charge in [0.15, 0.2) is 11.5 Å². The average Bonchev–Trinajstić information content (AvgIpc) is 3.42. The molecule has 3 aliphatic rings. The van der Waals surface area contributed by atoms with E-state index in [-0.39, 0.29) is 27.1 Å². The summed E-state index contributed by atoms with van der Waals surface area (Å²) in [7, 11) is 0. The van der Waals surface area contributed by atoms with Crippen molar-refractivity contribution in [3.8, 4) is 5.82 Å². The van der Waals surface area contributed by atoms with Gasteiger partial charge in [-0.15, -0.1) is 11.8 Å². The van der Waals surface area contributed by atoms with Crippen LogP contribution < -0.4 is 10.6 Å². The summed E-state index contributed by atoms with van der Waals surface area (Å²) in [6.07, 6.45) is 1.99. The maximum absolute atomic E-state index is 13.6. The molecule has 1 aliphatic heterocycles. The van der Waals surface area contributed by atoms with Crippen LogP contribution in [0.1, 0.15) is 29.0 Å². The van der Waals surface area contributed by atoms with Crippen molar-refractivity contribution in [3.63, 3.8) is 0 Å². The van der Waals surface area contributed by atoms with Crippen LogP contribution in [0.4, 0.5) is 13.2 Å². The van der Waals surface area contributed by atoms with Crippen molar-refractivity contribution < 1.29 is 22.8 Å². The van der Waals surface area contributed by atoms with Gasteiger partial charge in [-0.3, -0.25) is 14.6 Å². The number of hydrogen-bond donors (Lipinski definition) is 2. The minimum Gasteiger partial charge on any atom is -0.352 e. The Morgan fingerprint density at radius 1 is 1.26 bits per heavy atom. The number of pyridine rings is 1. The van der Waals surface area contributed by atoms with E-state index in [2.05, 4.69) is 25.7 Å². The number of aromatic nitrogens is 3. The summed E-state index contributed by atoms with van der Waals surface area (Å²) in [6, 6.07) is 3.07. The van der Waals surface area contributed by atoms with Gasteiger partial charge >= 0.3 is 6.18 Å². The van der Waals surface area contributed by atoms with Gasteiger partial charge in [0.25, 0.3) is 11.8 Å². The lowest BCUT2D eigenvalue weighted by Gasteiger charge is -2.25. The van der Waals surface area contributed by atoms with E-state index in [1.54, 1.807) is 6.08 Å². The number of carbonyl (C=O) groups excluding carboxylic acids is 2. The van der Waals surface area contributed by atoms with Crippen LogP contribution >= 0.6 is 46.7 Å². The number of nitrogens with one attached hydrogen (secondary N) is 2. The monoisotopic (exact) mass is 602 g/mol. The maximum Gasteiger partial charge on any atom is 0.435 e. The number of aliphatic imine (C=N–C) groups is 1. The zero-order valence-corrected chi connectivity index (χ0v) is 22.7. The van der Waals surface area contributed by atoms with Crippen molar-refractivity contribution in [2.45, 2.75) is 30.3 Å². The van der Waals surface area contributed by atoms with E-state index in [0.717, 1.165) is 21.9 Å². The summed E-state index contributed by atoms with van der Waals surface area (Å²) in [4.78, 5) is 35.2. The largest absolute Gasteiger partial charge is 0.435 e. The zero-order valence-electron chi connectivity index (χ0n) is 19.6. The van der Waals surface area contributed by atoms with Gasteiger partial charge < -0.3 is 10.6 Å².